The van der Waals surface area contributed by atoms with Crippen LogP contribution in [0, 0.1) is 11.3 Å². The number of anilines is 1. The van der Waals surface area contributed by atoms with Gasteiger partial charge in [0, 0.05) is 5.69 Å². The van der Waals surface area contributed by atoms with Gasteiger partial charge in [0.25, 0.3) is 5.91 Å². The summed E-state index contributed by atoms with van der Waals surface area (Å²) in [4.78, 5) is 12.2. The van der Waals surface area contributed by atoms with Gasteiger partial charge in [-0.15, -0.1) is 0 Å². The first-order valence-corrected chi connectivity index (χ1v) is 7.78. The molecule has 1 unspecified atom stereocenters. The minimum absolute atomic E-state index is 0.0308. The number of benzene rings is 2. The van der Waals surface area contributed by atoms with Gasteiger partial charge in [-0.1, -0.05) is 29.3 Å². The Balaban J connectivity index is 1.96. The van der Waals surface area contributed by atoms with Gasteiger partial charge in [-0.05, 0) is 43.3 Å². The fourth-order valence-corrected chi connectivity index (χ4v) is 2.15. The van der Waals surface area contributed by atoms with E-state index >= 15 is 0 Å². The highest BCUT2D eigenvalue weighted by Gasteiger charge is 2.17. The molecule has 0 aromatic heterocycles. The van der Waals surface area contributed by atoms with Crippen molar-refractivity contribution in [2.24, 2.45) is 0 Å². The van der Waals surface area contributed by atoms with E-state index in [1.165, 1.54) is 0 Å². The second kappa shape index (κ2) is 8.44. The number of carbonyl (C=O) groups is 1. The van der Waals surface area contributed by atoms with Crippen molar-refractivity contribution in [3.63, 3.8) is 0 Å². The summed E-state index contributed by atoms with van der Waals surface area (Å²) in [6, 6.07) is 13.5. The quantitative estimate of drug-likeness (QED) is 0.829. The molecule has 2 aromatic rings. The molecule has 2 rings (SSSR count). The highest BCUT2D eigenvalue weighted by atomic mass is 35.5. The van der Waals surface area contributed by atoms with Crippen molar-refractivity contribution < 1.29 is 14.3 Å². The molecule has 0 fully saturated rings. The number of halogens is 2. The lowest BCUT2D eigenvalue weighted by molar-refractivity contribution is -0.122. The van der Waals surface area contributed by atoms with E-state index in [2.05, 4.69) is 5.32 Å². The van der Waals surface area contributed by atoms with E-state index in [0.29, 0.717) is 22.2 Å². The minimum Gasteiger partial charge on any atom is -0.479 e. The Hall–Kier alpha value is -2.42. The van der Waals surface area contributed by atoms with E-state index in [1.807, 2.05) is 6.07 Å². The minimum atomic E-state index is -0.768. The van der Waals surface area contributed by atoms with E-state index in [0.717, 1.165) is 0 Å². The van der Waals surface area contributed by atoms with Gasteiger partial charge in [0.1, 0.15) is 22.6 Å². The molecule has 0 aliphatic carbocycles. The van der Waals surface area contributed by atoms with E-state index < -0.39 is 6.10 Å². The summed E-state index contributed by atoms with van der Waals surface area (Å²) in [5.41, 5.74) is 0.581. The van der Waals surface area contributed by atoms with Crippen LogP contribution in [0.15, 0.2) is 42.5 Å². The SMILES string of the molecule is CC(Oc1cccc(Cl)c1Cl)C(=O)Nc1ccc(OCC#N)cc1. The van der Waals surface area contributed by atoms with Crippen molar-refractivity contribution in [1.82, 2.24) is 0 Å². The predicted molar refractivity (Wildman–Crippen MR) is 92.7 cm³/mol. The Bertz CT molecular complexity index is 757. The average Bonchev–Trinajstić information content (AvgIpc) is 2.58. The largest absolute Gasteiger partial charge is 0.479 e. The molecule has 0 heterocycles. The summed E-state index contributed by atoms with van der Waals surface area (Å²) in [5, 5.41) is 11.8. The van der Waals surface area contributed by atoms with Crippen LogP contribution in [0.3, 0.4) is 0 Å². The maximum absolute atomic E-state index is 12.2. The van der Waals surface area contributed by atoms with Crippen LogP contribution in [-0.2, 0) is 4.79 Å². The molecule has 1 atom stereocenters. The first-order chi connectivity index (χ1) is 11.5. The predicted octanol–water partition coefficient (Wildman–Crippen LogP) is 4.30. The van der Waals surface area contributed by atoms with Crippen molar-refractivity contribution in [2.45, 2.75) is 13.0 Å². The molecule has 0 saturated heterocycles. The van der Waals surface area contributed by atoms with Crippen LogP contribution in [0.5, 0.6) is 11.5 Å². The van der Waals surface area contributed by atoms with E-state index in [1.54, 1.807) is 49.4 Å². The molecular weight excluding hydrogens is 351 g/mol. The van der Waals surface area contributed by atoms with Gasteiger partial charge in [-0.25, -0.2) is 0 Å². The van der Waals surface area contributed by atoms with Crippen molar-refractivity contribution in [1.29, 1.82) is 5.26 Å². The average molecular weight is 365 g/mol. The molecule has 0 aliphatic heterocycles. The summed E-state index contributed by atoms with van der Waals surface area (Å²) < 4.78 is 10.7. The van der Waals surface area contributed by atoms with Gasteiger partial charge >= 0.3 is 0 Å². The highest BCUT2D eigenvalue weighted by Crippen LogP contribution is 2.32. The lowest BCUT2D eigenvalue weighted by Crippen LogP contribution is -2.30. The molecule has 0 spiro atoms. The number of ether oxygens (including phenoxy) is 2. The topological polar surface area (TPSA) is 71.3 Å². The third-order valence-electron chi connectivity index (χ3n) is 3.01. The summed E-state index contributed by atoms with van der Waals surface area (Å²) in [6.07, 6.45) is -0.768. The number of nitriles is 1. The number of carbonyl (C=O) groups excluding carboxylic acids is 1. The number of hydrogen-bond donors (Lipinski definition) is 1. The fourth-order valence-electron chi connectivity index (χ4n) is 1.81. The normalized spacial score (nSPS) is 11.2. The molecular formula is C17H14Cl2N2O3. The number of nitrogens with zero attached hydrogens (tertiary/aromatic N) is 1. The molecule has 7 heteroatoms. The van der Waals surface area contributed by atoms with Crippen LogP contribution in [0.4, 0.5) is 5.69 Å². The zero-order valence-electron chi connectivity index (χ0n) is 12.8. The molecule has 24 heavy (non-hydrogen) atoms. The van der Waals surface area contributed by atoms with E-state index in [4.69, 9.17) is 37.9 Å². The molecule has 0 aliphatic rings. The number of amides is 1. The molecule has 1 N–H and O–H groups in total. The van der Waals surface area contributed by atoms with Crippen LogP contribution in [0.25, 0.3) is 0 Å². The van der Waals surface area contributed by atoms with Gasteiger partial charge in [0.2, 0.25) is 0 Å². The summed E-state index contributed by atoms with van der Waals surface area (Å²) >= 11 is 11.9. The molecule has 5 nitrogen and oxygen atoms in total. The maximum Gasteiger partial charge on any atom is 0.265 e. The highest BCUT2D eigenvalue weighted by molar-refractivity contribution is 6.42. The van der Waals surface area contributed by atoms with Gasteiger partial charge < -0.3 is 14.8 Å². The molecule has 0 bridgehead atoms. The standard InChI is InChI=1S/C17H14Cl2N2O3/c1-11(24-15-4-2-3-14(18)16(15)19)17(22)21-12-5-7-13(8-6-12)23-10-9-20/h2-8,11H,10H2,1H3,(H,21,22). The van der Waals surface area contributed by atoms with Gasteiger partial charge in [-0.2, -0.15) is 5.26 Å². The van der Waals surface area contributed by atoms with E-state index in [9.17, 15) is 4.79 Å². The van der Waals surface area contributed by atoms with Crippen LogP contribution in [0.1, 0.15) is 6.92 Å². The third-order valence-corrected chi connectivity index (χ3v) is 3.82. The Labute approximate surface area is 149 Å². The zero-order chi connectivity index (χ0) is 17.5. The second-order valence-electron chi connectivity index (χ2n) is 4.77. The first kappa shape index (κ1) is 17.9. The number of hydrogen-bond acceptors (Lipinski definition) is 4. The lowest BCUT2D eigenvalue weighted by Gasteiger charge is -2.16. The molecule has 124 valence electrons. The Morgan fingerprint density at radius 3 is 2.62 bits per heavy atom. The monoisotopic (exact) mass is 364 g/mol. The first-order valence-electron chi connectivity index (χ1n) is 7.02. The third kappa shape index (κ3) is 4.79. The van der Waals surface area contributed by atoms with Crippen LogP contribution < -0.4 is 14.8 Å². The molecule has 0 radical (unpaired) electrons. The van der Waals surface area contributed by atoms with Crippen LogP contribution in [-0.4, -0.2) is 18.6 Å². The smallest absolute Gasteiger partial charge is 0.265 e. The van der Waals surface area contributed by atoms with Gasteiger partial charge in [0.15, 0.2) is 12.7 Å². The molecule has 0 saturated carbocycles. The van der Waals surface area contributed by atoms with Crippen molar-refractivity contribution in [2.75, 3.05) is 11.9 Å². The summed E-state index contributed by atoms with van der Waals surface area (Å²) in [7, 11) is 0. The second-order valence-corrected chi connectivity index (χ2v) is 5.56. The Kier molecular flexibility index (Phi) is 6.30. The van der Waals surface area contributed by atoms with Crippen molar-refractivity contribution in [3.05, 3.63) is 52.5 Å². The Morgan fingerprint density at radius 1 is 1.25 bits per heavy atom. The van der Waals surface area contributed by atoms with Gasteiger partial charge in [-0.3, -0.25) is 4.79 Å². The lowest BCUT2D eigenvalue weighted by atomic mass is 10.2. The van der Waals surface area contributed by atoms with Crippen LogP contribution in [0.2, 0.25) is 10.0 Å². The fraction of sp³-hybridized carbons (Fsp3) is 0.176. The maximum atomic E-state index is 12.2. The summed E-state index contributed by atoms with van der Waals surface area (Å²) in [6.45, 7) is 1.58. The Morgan fingerprint density at radius 2 is 1.96 bits per heavy atom. The number of nitrogens with one attached hydrogen (secondary N) is 1. The van der Waals surface area contributed by atoms with Crippen molar-refractivity contribution >= 4 is 34.8 Å². The van der Waals surface area contributed by atoms with Crippen LogP contribution >= 0.6 is 23.2 Å². The zero-order valence-corrected chi connectivity index (χ0v) is 14.3. The number of rotatable bonds is 6. The summed E-state index contributed by atoms with van der Waals surface area (Å²) in [5.74, 6) is 0.549. The van der Waals surface area contributed by atoms with Gasteiger partial charge in [0.05, 0.1) is 5.02 Å². The molecule has 2 aromatic carbocycles. The molecule has 1 amide bonds. The van der Waals surface area contributed by atoms with E-state index in [-0.39, 0.29) is 17.5 Å². The van der Waals surface area contributed by atoms with Crippen molar-refractivity contribution in [3.8, 4) is 17.6 Å².